The van der Waals surface area contributed by atoms with Gasteiger partial charge < -0.3 is 10.2 Å². The Morgan fingerprint density at radius 2 is 2.00 bits per heavy atom. The second-order valence-corrected chi connectivity index (χ2v) is 6.06. The van der Waals surface area contributed by atoms with E-state index in [2.05, 4.69) is 19.2 Å². The summed E-state index contributed by atoms with van der Waals surface area (Å²) in [7, 11) is 0. The summed E-state index contributed by atoms with van der Waals surface area (Å²) in [5.74, 6) is 2.09. The lowest BCUT2D eigenvalue weighted by Gasteiger charge is -2.26. The number of hydrogen-bond acceptors (Lipinski definition) is 3. The number of hydrogen-bond donors (Lipinski definition) is 1. The number of carbonyl (C=O) groups is 1. The summed E-state index contributed by atoms with van der Waals surface area (Å²) >= 11 is 1.78. The van der Waals surface area contributed by atoms with E-state index in [1.165, 1.54) is 19.3 Å². The van der Waals surface area contributed by atoms with Crippen LogP contribution >= 0.6 is 11.8 Å². The summed E-state index contributed by atoms with van der Waals surface area (Å²) in [6, 6.07) is 0.565. The van der Waals surface area contributed by atoms with Gasteiger partial charge in [-0.15, -0.1) is 0 Å². The standard InChI is InChI=1S/C13H26N2OS/c1-12(2)14-7-6-10-17-11-13(16)15-8-4-3-5-9-15/h12,14H,3-11H2,1-2H3. The normalized spacial score (nSPS) is 16.5. The molecule has 0 aliphatic carbocycles. The average molecular weight is 258 g/mol. The van der Waals surface area contributed by atoms with Gasteiger partial charge in [-0.2, -0.15) is 11.8 Å². The monoisotopic (exact) mass is 258 g/mol. The molecule has 0 bridgehead atoms. The molecule has 0 aromatic carbocycles. The van der Waals surface area contributed by atoms with Gasteiger partial charge in [0.1, 0.15) is 0 Å². The molecule has 1 heterocycles. The van der Waals surface area contributed by atoms with E-state index in [-0.39, 0.29) is 0 Å². The first-order valence-corrected chi connectivity index (χ1v) is 7.94. The number of rotatable bonds is 7. The summed E-state index contributed by atoms with van der Waals surface area (Å²) in [5.41, 5.74) is 0. The van der Waals surface area contributed by atoms with Crippen LogP contribution in [0.15, 0.2) is 0 Å². The number of nitrogens with one attached hydrogen (secondary N) is 1. The fraction of sp³-hybridized carbons (Fsp3) is 0.923. The van der Waals surface area contributed by atoms with Crippen LogP contribution in [-0.4, -0.2) is 48.0 Å². The van der Waals surface area contributed by atoms with E-state index in [1.54, 1.807) is 11.8 Å². The van der Waals surface area contributed by atoms with E-state index in [0.29, 0.717) is 17.7 Å². The van der Waals surface area contributed by atoms with Gasteiger partial charge in [-0.3, -0.25) is 4.79 Å². The molecule has 0 saturated carbocycles. The molecule has 1 fully saturated rings. The van der Waals surface area contributed by atoms with Crippen molar-refractivity contribution in [1.82, 2.24) is 10.2 Å². The lowest BCUT2D eigenvalue weighted by Crippen LogP contribution is -2.36. The number of likely N-dealkylation sites (tertiary alicyclic amines) is 1. The van der Waals surface area contributed by atoms with Crippen molar-refractivity contribution in [2.24, 2.45) is 0 Å². The molecular weight excluding hydrogens is 232 g/mol. The second kappa shape index (κ2) is 8.81. The molecule has 0 radical (unpaired) electrons. The number of carbonyl (C=O) groups excluding carboxylic acids is 1. The minimum Gasteiger partial charge on any atom is -0.342 e. The van der Waals surface area contributed by atoms with Crippen molar-refractivity contribution < 1.29 is 4.79 Å². The topological polar surface area (TPSA) is 32.3 Å². The van der Waals surface area contributed by atoms with E-state index in [1.807, 2.05) is 4.90 Å². The van der Waals surface area contributed by atoms with Crippen molar-refractivity contribution in [3.8, 4) is 0 Å². The molecule has 0 spiro atoms. The summed E-state index contributed by atoms with van der Waals surface area (Å²) in [6.45, 7) is 7.34. The lowest BCUT2D eigenvalue weighted by molar-refractivity contribution is -0.129. The minimum atomic E-state index is 0.339. The Labute approximate surface area is 110 Å². The van der Waals surface area contributed by atoms with Crippen molar-refractivity contribution in [1.29, 1.82) is 0 Å². The molecule has 1 aliphatic heterocycles. The Morgan fingerprint density at radius 1 is 1.29 bits per heavy atom. The van der Waals surface area contributed by atoms with Crippen molar-refractivity contribution in [2.45, 2.75) is 45.6 Å². The maximum Gasteiger partial charge on any atom is 0.232 e. The number of amides is 1. The predicted octanol–water partition coefficient (Wildman–Crippen LogP) is 2.12. The van der Waals surface area contributed by atoms with Crippen LogP contribution in [-0.2, 0) is 4.79 Å². The smallest absolute Gasteiger partial charge is 0.232 e. The van der Waals surface area contributed by atoms with Crippen molar-refractivity contribution in [3.05, 3.63) is 0 Å². The van der Waals surface area contributed by atoms with Crippen molar-refractivity contribution in [2.75, 3.05) is 31.1 Å². The van der Waals surface area contributed by atoms with E-state index >= 15 is 0 Å². The van der Waals surface area contributed by atoms with Crippen molar-refractivity contribution >= 4 is 17.7 Å². The van der Waals surface area contributed by atoms with Crippen LogP contribution in [0, 0.1) is 0 Å². The van der Waals surface area contributed by atoms with Crippen LogP contribution < -0.4 is 5.32 Å². The van der Waals surface area contributed by atoms with Gasteiger partial charge in [0.2, 0.25) is 5.91 Å². The molecule has 0 atom stereocenters. The average Bonchev–Trinajstić information content (AvgIpc) is 2.34. The fourth-order valence-corrected chi connectivity index (χ4v) is 2.81. The zero-order chi connectivity index (χ0) is 12.5. The first kappa shape index (κ1) is 14.8. The molecule has 1 aliphatic rings. The highest BCUT2D eigenvalue weighted by atomic mass is 32.2. The minimum absolute atomic E-state index is 0.339. The Balaban J connectivity index is 1.96. The van der Waals surface area contributed by atoms with Crippen LogP contribution in [0.3, 0.4) is 0 Å². The number of thioether (sulfide) groups is 1. The first-order chi connectivity index (χ1) is 8.20. The summed E-state index contributed by atoms with van der Waals surface area (Å²) in [4.78, 5) is 13.9. The van der Waals surface area contributed by atoms with Gasteiger partial charge >= 0.3 is 0 Å². The molecule has 1 saturated heterocycles. The van der Waals surface area contributed by atoms with E-state index < -0.39 is 0 Å². The molecule has 4 heteroatoms. The molecule has 1 rings (SSSR count). The Bertz CT molecular complexity index is 215. The quantitative estimate of drug-likeness (QED) is 0.710. The van der Waals surface area contributed by atoms with Gasteiger partial charge in [-0.05, 0) is 38.0 Å². The number of piperidine rings is 1. The maximum atomic E-state index is 11.8. The Hall–Kier alpha value is -0.220. The highest BCUT2D eigenvalue weighted by Gasteiger charge is 2.15. The molecule has 0 unspecified atom stereocenters. The molecule has 1 amide bonds. The fourth-order valence-electron chi connectivity index (χ4n) is 1.96. The van der Waals surface area contributed by atoms with Gasteiger partial charge in [0.25, 0.3) is 0 Å². The van der Waals surface area contributed by atoms with Crippen LogP contribution in [0.5, 0.6) is 0 Å². The van der Waals surface area contributed by atoms with Gasteiger partial charge in [0.15, 0.2) is 0 Å². The van der Waals surface area contributed by atoms with Crippen molar-refractivity contribution in [3.63, 3.8) is 0 Å². The predicted molar refractivity (Wildman–Crippen MR) is 75.5 cm³/mol. The molecule has 1 N–H and O–H groups in total. The van der Waals surface area contributed by atoms with E-state index in [4.69, 9.17) is 0 Å². The zero-order valence-corrected chi connectivity index (χ0v) is 12.0. The third kappa shape index (κ3) is 6.94. The lowest BCUT2D eigenvalue weighted by atomic mass is 10.1. The highest BCUT2D eigenvalue weighted by Crippen LogP contribution is 2.11. The third-order valence-electron chi connectivity index (χ3n) is 2.95. The highest BCUT2D eigenvalue weighted by molar-refractivity contribution is 7.99. The molecular formula is C13H26N2OS. The van der Waals surface area contributed by atoms with Crippen LogP contribution in [0.4, 0.5) is 0 Å². The van der Waals surface area contributed by atoms with Crippen LogP contribution in [0.25, 0.3) is 0 Å². The zero-order valence-electron chi connectivity index (χ0n) is 11.2. The SMILES string of the molecule is CC(C)NCCCSCC(=O)N1CCCCC1. The summed E-state index contributed by atoms with van der Waals surface area (Å²) < 4.78 is 0. The van der Waals surface area contributed by atoms with Crippen LogP contribution in [0.2, 0.25) is 0 Å². The van der Waals surface area contributed by atoms with E-state index in [9.17, 15) is 4.79 Å². The van der Waals surface area contributed by atoms with Gasteiger partial charge in [-0.25, -0.2) is 0 Å². The molecule has 0 aromatic rings. The second-order valence-electron chi connectivity index (χ2n) is 4.96. The van der Waals surface area contributed by atoms with Gasteiger partial charge in [0.05, 0.1) is 5.75 Å². The largest absolute Gasteiger partial charge is 0.342 e. The molecule has 3 nitrogen and oxygen atoms in total. The molecule has 17 heavy (non-hydrogen) atoms. The Morgan fingerprint density at radius 3 is 2.65 bits per heavy atom. The van der Waals surface area contributed by atoms with E-state index in [0.717, 1.165) is 31.8 Å². The van der Waals surface area contributed by atoms with Gasteiger partial charge in [0, 0.05) is 19.1 Å². The van der Waals surface area contributed by atoms with Crippen LogP contribution in [0.1, 0.15) is 39.5 Å². The third-order valence-corrected chi connectivity index (χ3v) is 3.98. The molecule has 100 valence electrons. The summed E-state index contributed by atoms with van der Waals surface area (Å²) in [5, 5.41) is 3.39. The summed E-state index contributed by atoms with van der Waals surface area (Å²) in [6.07, 6.45) is 4.82. The first-order valence-electron chi connectivity index (χ1n) is 6.79. The molecule has 0 aromatic heterocycles. The van der Waals surface area contributed by atoms with Gasteiger partial charge in [-0.1, -0.05) is 13.8 Å². The maximum absolute atomic E-state index is 11.8. The number of nitrogens with zero attached hydrogens (tertiary/aromatic N) is 1. The Kier molecular flexibility index (Phi) is 7.69.